The first kappa shape index (κ1) is 40.0. The number of hydrogen-bond acceptors (Lipinski definition) is 6. The molecule has 0 radical (unpaired) electrons. The molecule has 264 valence electrons. The highest BCUT2D eigenvalue weighted by Crippen LogP contribution is 2.43. The summed E-state index contributed by atoms with van der Waals surface area (Å²) in [4.78, 5) is 24.6. The molecule has 14 heteroatoms. The third-order valence-electron chi connectivity index (χ3n) is 8.49. The number of halogens is 3. The van der Waals surface area contributed by atoms with Gasteiger partial charge in [-0.15, -0.1) is 0 Å². The molecule has 1 saturated carbocycles. The first-order chi connectivity index (χ1) is 22.7. The van der Waals surface area contributed by atoms with Gasteiger partial charge in [0.15, 0.2) is 0 Å². The van der Waals surface area contributed by atoms with E-state index in [0.717, 1.165) is 47.3 Å². The van der Waals surface area contributed by atoms with Crippen LogP contribution in [0.3, 0.4) is 0 Å². The molecule has 1 fully saturated rings. The molecule has 3 heterocycles. The largest absolute Gasteiger partial charge is 0.465 e. The summed E-state index contributed by atoms with van der Waals surface area (Å²) < 4.78 is 24.0. The summed E-state index contributed by atoms with van der Waals surface area (Å²) in [7, 11) is -0.672. The monoisotopic (exact) mass is 1030 g/mol. The fourth-order valence-electron chi connectivity index (χ4n) is 5.68. The van der Waals surface area contributed by atoms with Gasteiger partial charge in [0, 0.05) is 40.3 Å². The van der Waals surface area contributed by atoms with Crippen LogP contribution in [0.2, 0.25) is 51.4 Å². The van der Waals surface area contributed by atoms with Crippen LogP contribution in [0.25, 0.3) is 22.3 Å². The summed E-state index contributed by atoms with van der Waals surface area (Å²) >= 11 is 6.84. The number of hydrogen-bond donors (Lipinski definition) is 1. The van der Waals surface area contributed by atoms with Crippen LogP contribution in [-0.4, -0.2) is 66.5 Å². The molecule has 0 unspecified atom stereocenters. The van der Waals surface area contributed by atoms with Crippen molar-refractivity contribution in [2.75, 3.05) is 20.3 Å². The number of rotatable bonds is 13. The highest BCUT2D eigenvalue weighted by molar-refractivity contribution is 14.1. The first-order valence-electron chi connectivity index (χ1n) is 16.6. The van der Waals surface area contributed by atoms with E-state index in [-0.39, 0.29) is 5.97 Å². The average Bonchev–Trinajstić information content (AvgIpc) is 3.70. The number of carbonyl (C=O) groups is 1. The second-order valence-electron chi connectivity index (χ2n) is 14.8. The van der Waals surface area contributed by atoms with E-state index >= 15 is 0 Å². The van der Waals surface area contributed by atoms with Crippen LogP contribution in [-0.2, 0) is 27.7 Å². The summed E-state index contributed by atoms with van der Waals surface area (Å²) in [6.45, 7) is 16.9. The Morgan fingerprint density at radius 3 is 2.02 bits per heavy atom. The Morgan fingerprint density at radius 1 is 0.875 bits per heavy atom. The Hall–Kier alpha value is -0.806. The molecule has 1 aliphatic rings. The zero-order valence-electron chi connectivity index (χ0n) is 29.3. The summed E-state index contributed by atoms with van der Waals surface area (Å²) in [6, 6.07) is 8.22. The summed E-state index contributed by atoms with van der Waals surface area (Å²) in [5.41, 5.74) is 5.06. The minimum atomic E-state index is -1.13. The normalized spacial score (nSPS) is 14.3. The first-order valence-corrected chi connectivity index (χ1v) is 27.3. The molecule has 1 aromatic carbocycles. The number of benzene rings is 1. The van der Waals surface area contributed by atoms with Gasteiger partial charge in [0.25, 0.3) is 0 Å². The van der Waals surface area contributed by atoms with Crippen LogP contribution in [0.15, 0.2) is 30.9 Å². The van der Waals surface area contributed by atoms with Gasteiger partial charge in [0.1, 0.15) is 30.3 Å². The second kappa shape index (κ2) is 18.1. The fraction of sp³-hybridized carbons (Fsp3) is 0.559. The van der Waals surface area contributed by atoms with Gasteiger partial charge < -0.3 is 28.3 Å². The number of aromatic nitrogens is 5. The van der Waals surface area contributed by atoms with E-state index < -0.39 is 16.1 Å². The molecular formula is C34H50I3N5O4Si2. The SMILES string of the molecule is COC(=O)c1ccc2c(C3CCCCC3)c(-c3c(I)ncn3COCC[Si](C)(C)C)[nH]c2c1.C[Si](C)(C)CCOCn1cnc(I)c1I. The highest BCUT2D eigenvalue weighted by Gasteiger charge is 2.27. The van der Waals surface area contributed by atoms with Crippen LogP contribution in [0.1, 0.15) is 53.9 Å². The molecule has 0 bridgehead atoms. The van der Waals surface area contributed by atoms with Crippen molar-refractivity contribution in [3.63, 3.8) is 0 Å². The summed E-state index contributed by atoms with van der Waals surface area (Å²) in [5.74, 6) is 0.182. The van der Waals surface area contributed by atoms with E-state index in [2.05, 4.69) is 133 Å². The lowest BCUT2D eigenvalue weighted by Gasteiger charge is -2.23. The van der Waals surface area contributed by atoms with E-state index in [4.69, 9.17) is 14.2 Å². The maximum atomic E-state index is 12.1. The lowest BCUT2D eigenvalue weighted by molar-refractivity contribution is 0.0601. The number of nitrogens with one attached hydrogen (secondary N) is 1. The maximum Gasteiger partial charge on any atom is 0.337 e. The predicted octanol–water partition coefficient (Wildman–Crippen LogP) is 10.2. The number of aromatic amines is 1. The Bertz CT molecular complexity index is 1650. The lowest BCUT2D eigenvalue weighted by atomic mass is 9.82. The third kappa shape index (κ3) is 11.3. The highest BCUT2D eigenvalue weighted by atomic mass is 127. The molecular weight excluding hydrogens is 979 g/mol. The topological polar surface area (TPSA) is 96.2 Å². The van der Waals surface area contributed by atoms with Gasteiger partial charge in [-0.2, -0.15) is 0 Å². The van der Waals surface area contributed by atoms with E-state index in [1.54, 1.807) is 0 Å². The molecule has 9 nitrogen and oxygen atoms in total. The van der Waals surface area contributed by atoms with Gasteiger partial charge in [-0.05, 0) is 116 Å². The average molecular weight is 1030 g/mol. The fourth-order valence-corrected chi connectivity index (χ4v) is 8.74. The quantitative estimate of drug-likeness (QED) is 0.0621. The zero-order chi connectivity index (χ0) is 35.1. The smallest absolute Gasteiger partial charge is 0.337 e. The molecule has 0 aliphatic heterocycles. The number of esters is 1. The number of methoxy groups -OCH3 is 1. The van der Waals surface area contributed by atoms with E-state index in [9.17, 15) is 4.79 Å². The Kier molecular flexibility index (Phi) is 15.1. The van der Waals surface area contributed by atoms with Crippen LogP contribution in [0.4, 0.5) is 0 Å². The van der Waals surface area contributed by atoms with Crippen molar-refractivity contribution in [3.05, 3.63) is 53.1 Å². The van der Waals surface area contributed by atoms with Gasteiger partial charge >= 0.3 is 5.97 Å². The third-order valence-corrected chi connectivity index (χ3v) is 15.6. The number of ether oxygens (including phenoxy) is 3. The number of nitrogens with zero attached hydrogens (tertiary/aromatic N) is 4. The van der Waals surface area contributed by atoms with Crippen LogP contribution in [0.5, 0.6) is 0 Å². The van der Waals surface area contributed by atoms with Crippen LogP contribution < -0.4 is 0 Å². The summed E-state index contributed by atoms with van der Waals surface area (Å²) in [6.07, 6.45) is 9.91. The van der Waals surface area contributed by atoms with Gasteiger partial charge in [0.05, 0.1) is 31.0 Å². The van der Waals surface area contributed by atoms with E-state index in [1.807, 2.05) is 29.4 Å². The Balaban J connectivity index is 0.000000291. The Morgan fingerprint density at radius 2 is 1.46 bits per heavy atom. The van der Waals surface area contributed by atoms with E-state index in [0.29, 0.717) is 24.9 Å². The second-order valence-corrected chi connectivity index (χ2v) is 29.2. The molecule has 0 spiro atoms. The van der Waals surface area contributed by atoms with E-state index in [1.165, 1.54) is 56.2 Å². The van der Waals surface area contributed by atoms with Crippen molar-refractivity contribution in [1.82, 2.24) is 24.1 Å². The Labute approximate surface area is 328 Å². The molecule has 0 atom stereocenters. The van der Waals surface area contributed by atoms with Crippen molar-refractivity contribution in [2.45, 2.75) is 103 Å². The summed E-state index contributed by atoms with van der Waals surface area (Å²) in [5, 5.41) is 1.19. The standard InChI is InChI=1S/C25H34IN3O3Si.C9H16I2N2OSi/c1-31-25(30)18-10-11-19-20(14-18)28-22(21(19)17-8-6-5-7-9-17)23-24(26)27-15-29(23)16-32-12-13-33(2,3)4;1-15(2,3)5-4-14-7-13-6-12-8(10)9(13)11/h10-11,14-15,17,28H,5-9,12-13,16H2,1-4H3;6H,4-5,7H2,1-3H3. The molecule has 48 heavy (non-hydrogen) atoms. The number of H-pyrrole nitrogens is 1. The van der Waals surface area contributed by atoms with Crippen molar-refractivity contribution in [3.8, 4) is 11.4 Å². The maximum absolute atomic E-state index is 12.1. The molecule has 0 amide bonds. The minimum Gasteiger partial charge on any atom is -0.465 e. The van der Waals surface area contributed by atoms with Crippen LogP contribution in [0, 0.1) is 11.1 Å². The van der Waals surface area contributed by atoms with Gasteiger partial charge in [-0.1, -0.05) is 64.6 Å². The van der Waals surface area contributed by atoms with Crippen molar-refractivity contribution in [1.29, 1.82) is 0 Å². The molecule has 1 N–H and O–H groups in total. The van der Waals surface area contributed by atoms with Crippen molar-refractivity contribution in [2.24, 2.45) is 0 Å². The minimum absolute atomic E-state index is 0.317. The van der Waals surface area contributed by atoms with Crippen molar-refractivity contribution >= 4 is 101 Å². The van der Waals surface area contributed by atoms with Gasteiger partial charge in [-0.25, -0.2) is 14.8 Å². The van der Waals surface area contributed by atoms with Gasteiger partial charge in [-0.3, -0.25) is 0 Å². The number of fused-ring (bicyclic) bond motifs is 1. The molecule has 3 aromatic heterocycles. The van der Waals surface area contributed by atoms with Crippen molar-refractivity contribution < 1.29 is 19.0 Å². The molecule has 5 rings (SSSR count). The van der Waals surface area contributed by atoms with Gasteiger partial charge in [0.2, 0.25) is 0 Å². The molecule has 1 aliphatic carbocycles. The number of carbonyl (C=O) groups excluding carboxylic acids is 1. The zero-order valence-corrected chi connectivity index (χ0v) is 37.8. The molecule has 0 saturated heterocycles. The predicted molar refractivity (Wildman–Crippen MR) is 225 cm³/mol. The number of imidazole rings is 2. The van der Waals surface area contributed by atoms with Crippen LogP contribution >= 0.6 is 67.8 Å². The lowest BCUT2D eigenvalue weighted by Crippen LogP contribution is -2.22. The molecule has 4 aromatic rings.